The fourth-order valence-corrected chi connectivity index (χ4v) is 5.25. The highest BCUT2D eigenvalue weighted by atomic mass is 16.2. The normalized spacial score (nSPS) is 20.4. The molecule has 1 unspecified atom stereocenters. The number of carbonyl (C=O) groups is 1. The smallest absolute Gasteiger partial charge is 0.223 e. The summed E-state index contributed by atoms with van der Waals surface area (Å²) in [6, 6.07) is 12.8. The number of aromatic amines is 1. The molecule has 2 aliphatic rings. The van der Waals surface area contributed by atoms with E-state index in [-0.39, 0.29) is 6.04 Å². The van der Waals surface area contributed by atoms with Crippen LogP contribution in [0.1, 0.15) is 63.0 Å². The minimum atomic E-state index is 0.193. The van der Waals surface area contributed by atoms with E-state index in [4.69, 9.17) is 0 Å². The third-order valence-electron chi connectivity index (χ3n) is 6.80. The Hall–Kier alpha value is -2.62. The molecule has 1 amide bonds. The van der Waals surface area contributed by atoms with Crippen molar-refractivity contribution >= 4 is 16.8 Å². The van der Waals surface area contributed by atoms with Crippen LogP contribution in [0.5, 0.6) is 0 Å². The third kappa shape index (κ3) is 3.68. The van der Waals surface area contributed by atoms with Crippen molar-refractivity contribution in [1.82, 2.24) is 14.9 Å². The van der Waals surface area contributed by atoms with Gasteiger partial charge in [0.15, 0.2) is 0 Å². The van der Waals surface area contributed by atoms with Gasteiger partial charge in [0.1, 0.15) is 0 Å². The maximum absolute atomic E-state index is 13.1. The van der Waals surface area contributed by atoms with E-state index in [1.54, 1.807) is 0 Å². The zero-order valence-electron chi connectivity index (χ0n) is 16.9. The summed E-state index contributed by atoms with van der Waals surface area (Å²) < 4.78 is 0. The van der Waals surface area contributed by atoms with E-state index in [2.05, 4.69) is 45.2 Å². The second-order valence-corrected chi connectivity index (χ2v) is 8.68. The van der Waals surface area contributed by atoms with Gasteiger partial charge in [0.2, 0.25) is 5.91 Å². The number of para-hydroxylation sites is 1. The highest BCUT2D eigenvalue weighted by molar-refractivity contribution is 5.94. The molecule has 1 aliphatic carbocycles. The largest absolute Gasteiger partial charge is 0.360 e. The Morgan fingerprint density at radius 3 is 2.83 bits per heavy atom. The van der Waals surface area contributed by atoms with Crippen LogP contribution in [0.4, 0.5) is 0 Å². The maximum atomic E-state index is 13.1. The van der Waals surface area contributed by atoms with Gasteiger partial charge in [0.05, 0.1) is 11.7 Å². The van der Waals surface area contributed by atoms with Gasteiger partial charge in [-0.15, -0.1) is 0 Å². The molecule has 0 spiro atoms. The third-order valence-corrected chi connectivity index (χ3v) is 6.80. The number of fused-ring (bicyclic) bond motifs is 1. The van der Waals surface area contributed by atoms with Crippen LogP contribution < -0.4 is 0 Å². The second kappa shape index (κ2) is 8.02. The predicted octanol–water partition coefficient (Wildman–Crippen LogP) is 5.86. The lowest BCUT2D eigenvalue weighted by atomic mass is 9.86. The minimum absolute atomic E-state index is 0.193. The first-order valence-electron chi connectivity index (χ1n) is 11.1. The van der Waals surface area contributed by atoms with E-state index in [1.165, 1.54) is 43.1 Å². The number of rotatable bonds is 4. The molecule has 1 aromatic carbocycles. The van der Waals surface area contributed by atoms with Crippen molar-refractivity contribution in [3.63, 3.8) is 0 Å². The topological polar surface area (TPSA) is 49.0 Å². The molecule has 0 bridgehead atoms. The van der Waals surface area contributed by atoms with Gasteiger partial charge >= 0.3 is 0 Å². The lowest BCUT2D eigenvalue weighted by Crippen LogP contribution is -2.32. The lowest BCUT2D eigenvalue weighted by Gasteiger charge is -2.28. The van der Waals surface area contributed by atoms with Gasteiger partial charge in [-0.25, -0.2) is 0 Å². The number of likely N-dealkylation sites (tertiary alicyclic amines) is 1. The minimum Gasteiger partial charge on any atom is -0.360 e. The standard InChI is InChI=1S/C25H29N3O/c29-25(15-18-7-2-1-3-8-18)28-14-6-11-24(28)19-12-13-26-23(16-19)21-17-27-22-10-5-4-9-20(21)22/h4-5,9-10,12-13,16-18,24,27H,1-3,6-8,11,14-15H2. The van der Waals surface area contributed by atoms with Crippen molar-refractivity contribution in [1.29, 1.82) is 0 Å². The van der Waals surface area contributed by atoms with Crippen molar-refractivity contribution in [3.8, 4) is 11.3 Å². The number of carbonyl (C=O) groups excluding carboxylic acids is 1. The van der Waals surface area contributed by atoms with Crippen LogP contribution in [0.25, 0.3) is 22.2 Å². The fraction of sp³-hybridized carbons (Fsp3) is 0.440. The summed E-state index contributed by atoms with van der Waals surface area (Å²) in [5, 5.41) is 1.19. The zero-order valence-corrected chi connectivity index (χ0v) is 16.9. The highest BCUT2D eigenvalue weighted by Crippen LogP contribution is 2.36. The average molecular weight is 388 g/mol. The molecule has 0 radical (unpaired) electrons. The number of nitrogens with zero attached hydrogens (tertiary/aromatic N) is 2. The van der Waals surface area contributed by atoms with Crippen LogP contribution in [0.15, 0.2) is 48.8 Å². The first kappa shape index (κ1) is 18.4. The molecule has 150 valence electrons. The van der Waals surface area contributed by atoms with Crippen LogP contribution in [-0.2, 0) is 4.79 Å². The summed E-state index contributed by atoms with van der Waals surface area (Å²) >= 11 is 0. The van der Waals surface area contributed by atoms with Gasteiger partial charge in [0, 0.05) is 41.8 Å². The van der Waals surface area contributed by atoms with Crippen molar-refractivity contribution in [2.75, 3.05) is 6.54 Å². The van der Waals surface area contributed by atoms with Gasteiger partial charge in [-0.05, 0) is 55.4 Å². The van der Waals surface area contributed by atoms with Gasteiger partial charge in [-0.1, -0.05) is 37.5 Å². The number of pyridine rings is 1. The second-order valence-electron chi connectivity index (χ2n) is 8.68. The summed E-state index contributed by atoms with van der Waals surface area (Å²) in [6.07, 6.45) is 13.2. The quantitative estimate of drug-likeness (QED) is 0.609. The Balaban J connectivity index is 1.38. The van der Waals surface area contributed by atoms with Crippen molar-refractivity contribution < 1.29 is 4.79 Å². The Morgan fingerprint density at radius 1 is 1.07 bits per heavy atom. The predicted molar refractivity (Wildman–Crippen MR) is 116 cm³/mol. The van der Waals surface area contributed by atoms with Crippen LogP contribution >= 0.6 is 0 Å². The molecule has 3 heterocycles. The summed E-state index contributed by atoms with van der Waals surface area (Å²) in [7, 11) is 0. The number of H-pyrrole nitrogens is 1. The Labute approximate surface area is 172 Å². The van der Waals surface area contributed by atoms with E-state index in [1.807, 2.05) is 18.5 Å². The molecule has 4 heteroatoms. The Kier molecular flexibility index (Phi) is 5.09. The van der Waals surface area contributed by atoms with Crippen LogP contribution in [0.2, 0.25) is 0 Å². The zero-order chi connectivity index (χ0) is 19.6. The van der Waals surface area contributed by atoms with Gasteiger partial charge in [-0.3, -0.25) is 9.78 Å². The molecule has 1 atom stereocenters. The van der Waals surface area contributed by atoms with E-state index in [9.17, 15) is 4.79 Å². The highest BCUT2D eigenvalue weighted by Gasteiger charge is 2.31. The van der Waals surface area contributed by atoms with Crippen molar-refractivity contribution in [2.24, 2.45) is 5.92 Å². The molecular formula is C25H29N3O. The maximum Gasteiger partial charge on any atom is 0.223 e. The first-order valence-corrected chi connectivity index (χ1v) is 11.1. The average Bonchev–Trinajstić information content (AvgIpc) is 3.42. The van der Waals surface area contributed by atoms with Crippen LogP contribution in [0, 0.1) is 5.92 Å². The van der Waals surface area contributed by atoms with Gasteiger partial charge in [0.25, 0.3) is 0 Å². The number of hydrogen-bond donors (Lipinski definition) is 1. The van der Waals surface area contributed by atoms with E-state index < -0.39 is 0 Å². The summed E-state index contributed by atoms with van der Waals surface area (Å²) in [6.45, 7) is 0.890. The van der Waals surface area contributed by atoms with Gasteiger partial charge in [-0.2, -0.15) is 0 Å². The summed E-state index contributed by atoms with van der Waals surface area (Å²) in [4.78, 5) is 23.2. The van der Waals surface area contributed by atoms with Crippen molar-refractivity contribution in [2.45, 2.75) is 57.4 Å². The van der Waals surface area contributed by atoms with Crippen LogP contribution in [0.3, 0.4) is 0 Å². The summed E-state index contributed by atoms with van der Waals surface area (Å²) in [5.41, 5.74) is 4.45. The molecular weight excluding hydrogens is 358 g/mol. The fourth-order valence-electron chi connectivity index (χ4n) is 5.25. The van der Waals surface area contributed by atoms with E-state index in [0.717, 1.165) is 42.6 Å². The molecule has 1 N–H and O–H groups in total. The SMILES string of the molecule is O=C(CC1CCCCC1)N1CCCC1c1ccnc(-c2c[nH]c3ccccc23)c1. The molecule has 2 fully saturated rings. The Bertz CT molecular complexity index is 1000. The number of amides is 1. The lowest BCUT2D eigenvalue weighted by molar-refractivity contribution is -0.133. The van der Waals surface area contributed by atoms with E-state index >= 15 is 0 Å². The number of aromatic nitrogens is 2. The monoisotopic (exact) mass is 387 g/mol. The molecule has 2 aromatic heterocycles. The van der Waals surface area contributed by atoms with Crippen molar-refractivity contribution in [3.05, 3.63) is 54.4 Å². The molecule has 4 nitrogen and oxygen atoms in total. The van der Waals surface area contributed by atoms with Crippen LogP contribution in [-0.4, -0.2) is 27.3 Å². The molecule has 1 saturated carbocycles. The first-order chi connectivity index (χ1) is 14.3. The number of nitrogens with one attached hydrogen (secondary N) is 1. The number of benzene rings is 1. The Morgan fingerprint density at radius 2 is 1.93 bits per heavy atom. The molecule has 29 heavy (non-hydrogen) atoms. The molecule has 1 aliphatic heterocycles. The molecule has 3 aromatic rings. The number of hydrogen-bond acceptors (Lipinski definition) is 2. The van der Waals surface area contributed by atoms with E-state index in [0.29, 0.717) is 11.8 Å². The van der Waals surface area contributed by atoms with Gasteiger partial charge < -0.3 is 9.88 Å². The molecule has 5 rings (SSSR count). The summed E-state index contributed by atoms with van der Waals surface area (Å²) in [5.74, 6) is 0.946. The molecule has 1 saturated heterocycles.